The van der Waals surface area contributed by atoms with E-state index in [1.807, 2.05) is 29.1 Å². The van der Waals surface area contributed by atoms with Gasteiger partial charge >= 0.3 is 0 Å². The topological polar surface area (TPSA) is 98.7 Å². The van der Waals surface area contributed by atoms with Gasteiger partial charge in [-0.3, -0.25) is 4.79 Å². The summed E-state index contributed by atoms with van der Waals surface area (Å²) >= 11 is 1.58. The highest BCUT2D eigenvalue weighted by Gasteiger charge is 2.30. The van der Waals surface area contributed by atoms with Crippen LogP contribution < -0.4 is 11.1 Å². The molecule has 0 unspecified atom stereocenters. The normalized spacial score (nSPS) is 12.3. The number of fused-ring (bicyclic) bond motifs is 3. The minimum Gasteiger partial charge on any atom is -0.370 e. The van der Waals surface area contributed by atoms with Crippen LogP contribution in [-0.2, 0) is 24.1 Å². The molecule has 33 heavy (non-hydrogen) atoms. The molecule has 0 saturated heterocycles. The highest BCUT2D eigenvalue weighted by atomic mass is 32.1. The molecule has 1 aromatic carbocycles. The number of nitrogens with zero attached hydrogens (tertiary/aromatic N) is 4. The van der Waals surface area contributed by atoms with Crippen molar-refractivity contribution in [1.82, 2.24) is 19.7 Å². The van der Waals surface area contributed by atoms with E-state index in [1.165, 1.54) is 5.56 Å². The number of nitrogens with two attached hydrogens (primary N) is 1. The minimum atomic E-state index is 0.00118. The SMILES string of the molecule is CCNc1ccc(-c2nn(-c3ccccc3C)c3c2CCc2nc(CC(=O)CN)sc2-3)cn1. The van der Waals surface area contributed by atoms with Gasteiger partial charge in [-0.05, 0) is 50.5 Å². The first-order valence-corrected chi connectivity index (χ1v) is 12.0. The lowest BCUT2D eigenvalue weighted by atomic mass is 9.95. The molecule has 0 amide bonds. The van der Waals surface area contributed by atoms with Crippen LogP contribution in [0.15, 0.2) is 42.6 Å². The Balaban J connectivity index is 1.68. The summed E-state index contributed by atoms with van der Waals surface area (Å²) in [6.45, 7) is 5.01. The maximum atomic E-state index is 11.9. The third kappa shape index (κ3) is 3.96. The van der Waals surface area contributed by atoms with E-state index < -0.39 is 0 Å². The van der Waals surface area contributed by atoms with E-state index in [2.05, 4.69) is 42.3 Å². The molecule has 3 aromatic heterocycles. The monoisotopic (exact) mass is 458 g/mol. The van der Waals surface area contributed by atoms with Crippen LogP contribution in [0.25, 0.3) is 27.5 Å². The van der Waals surface area contributed by atoms with E-state index in [-0.39, 0.29) is 18.7 Å². The van der Waals surface area contributed by atoms with Gasteiger partial charge in [0.2, 0.25) is 0 Å². The Hall–Kier alpha value is -3.36. The molecule has 7 nitrogen and oxygen atoms in total. The minimum absolute atomic E-state index is 0.00118. The molecular weight excluding hydrogens is 432 g/mol. The lowest BCUT2D eigenvalue weighted by molar-refractivity contribution is -0.117. The molecule has 4 aromatic rings. The molecule has 0 fully saturated rings. The smallest absolute Gasteiger partial charge is 0.153 e. The summed E-state index contributed by atoms with van der Waals surface area (Å²) in [5, 5.41) is 9.16. The van der Waals surface area contributed by atoms with Gasteiger partial charge in [0, 0.05) is 23.9 Å². The molecule has 3 heterocycles. The van der Waals surface area contributed by atoms with Crippen LogP contribution in [0.2, 0.25) is 0 Å². The first-order valence-electron chi connectivity index (χ1n) is 11.2. The first-order chi connectivity index (χ1) is 16.1. The van der Waals surface area contributed by atoms with Crippen molar-refractivity contribution in [3.63, 3.8) is 0 Å². The Morgan fingerprint density at radius 2 is 2.06 bits per heavy atom. The van der Waals surface area contributed by atoms with Gasteiger partial charge in [0.25, 0.3) is 0 Å². The zero-order chi connectivity index (χ0) is 22.9. The van der Waals surface area contributed by atoms with Crippen LogP contribution in [-0.4, -0.2) is 38.6 Å². The maximum absolute atomic E-state index is 11.9. The molecule has 168 valence electrons. The van der Waals surface area contributed by atoms with Crippen LogP contribution in [0.4, 0.5) is 5.82 Å². The molecular formula is C25H26N6OS. The fourth-order valence-electron chi connectivity index (χ4n) is 4.26. The third-order valence-corrected chi connectivity index (χ3v) is 6.97. The number of hydrogen-bond donors (Lipinski definition) is 2. The number of anilines is 1. The second-order valence-electron chi connectivity index (χ2n) is 8.14. The number of nitrogens with one attached hydrogen (secondary N) is 1. The lowest BCUT2D eigenvalue weighted by Crippen LogP contribution is -2.15. The van der Waals surface area contributed by atoms with Crippen molar-refractivity contribution in [2.75, 3.05) is 18.4 Å². The molecule has 0 radical (unpaired) electrons. The molecule has 0 aliphatic heterocycles. The van der Waals surface area contributed by atoms with Crippen LogP contribution in [0.5, 0.6) is 0 Å². The van der Waals surface area contributed by atoms with E-state index in [4.69, 9.17) is 15.8 Å². The summed E-state index contributed by atoms with van der Waals surface area (Å²) < 4.78 is 2.04. The Labute approximate surface area is 196 Å². The van der Waals surface area contributed by atoms with Crippen LogP contribution in [0.3, 0.4) is 0 Å². The number of rotatable bonds is 7. The van der Waals surface area contributed by atoms with Gasteiger partial charge in [-0.1, -0.05) is 18.2 Å². The number of para-hydroxylation sites is 1. The average molecular weight is 459 g/mol. The Morgan fingerprint density at radius 3 is 2.79 bits per heavy atom. The van der Waals surface area contributed by atoms with Crippen molar-refractivity contribution < 1.29 is 4.79 Å². The number of hydrogen-bond acceptors (Lipinski definition) is 7. The number of Topliss-reactive ketones (excluding diaryl/α,β-unsaturated/α-hetero) is 1. The van der Waals surface area contributed by atoms with Crippen LogP contribution in [0, 0.1) is 6.92 Å². The number of aromatic nitrogens is 4. The Bertz CT molecular complexity index is 1320. The molecule has 8 heteroatoms. The van der Waals surface area contributed by atoms with Crippen LogP contribution in [0.1, 0.15) is 28.8 Å². The number of benzene rings is 1. The van der Waals surface area contributed by atoms with Crippen molar-refractivity contribution in [2.45, 2.75) is 33.1 Å². The van der Waals surface area contributed by atoms with E-state index in [0.29, 0.717) is 0 Å². The summed E-state index contributed by atoms with van der Waals surface area (Å²) in [5.74, 6) is 0.855. The largest absolute Gasteiger partial charge is 0.370 e. The van der Waals surface area contributed by atoms with Crippen molar-refractivity contribution >= 4 is 22.9 Å². The van der Waals surface area contributed by atoms with E-state index in [9.17, 15) is 4.79 Å². The number of pyridine rings is 1. The Morgan fingerprint density at radius 1 is 1.21 bits per heavy atom. The number of aryl methyl sites for hydroxylation is 2. The highest BCUT2D eigenvalue weighted by Crippen LogP contribution is 2.43. The molecule has 3 N–H and O–H groups in total. The molecule has 0 atom stereocenters. The van der Waals surface area contributed by atoms with Gasteiger partial charge in [0.05, 0.1) is 40.6 Å². The summed E-state index contributed by atoms with van der Waals surface area (Å²) in [4.78, 5) is 22.4. The molecule has 0 bridgehead atoms. The highest BCUT2D eigenvalue weighted by molar-refractivity contribution is 7.15. The lowest BCUT2D eigenvalue weighted by Gasteiger charge is -2.15. The van der Waals surface area contributed by atoms with Crippen molar-refractivity contribution in [1.29, 1.82) is 0 Å². The van der Waals surface area contributed by atoms with Crippen molar-refractivity contribution in [3.8, 4) is 27.5 Å². The standard InChI is InChI=1S/C25H26N6OS/c1-3-27-21-11-8-16(14-28-21)23-18-9-10-19-25(33-22(29-19)12-17(32)13-26)24(18)31(30-23)20-7-5-4-6-15(20)2/h4-8,11,14H,3,9-10,12-13,26H2,1-2H3,(H,27,28). The third-order valence-electron chi connectivity index (χ3n) is 5.87. The Kier molecular flexibility index (Phi) is 5.78. The molecule has 5 rings (SSSR count). The summed E-state index contributed by atoms with van der Waals surface area (Å²) in [6.07, 6.45) is 3.83. The number of carbonyl (C=O) groups is 1. The number of ketones is 1. The second kappa shape index (κ2) is 8.88. The van der Waals surface area contributed by atoms with E-state index >= 15 is 0 Å². The fraction of sp³-hybridized carbons (Fsp3) is 0.280. The molecule has 1 aliphatic carbocycles. The van der Waals surface area contributed by atoms with Gasteiger partial charge in [-0.2, -0.15) is 5.10 Å². The van der Waals surface area contributed by atoms with Crippen molar-refractivity contribution in [3.05, 3.63) is 64.4 Å². The molecule has 0 spiro atoms. The second-order valence-corrected chi connectivity index (χ2v) is 9.22. The van der Waals surface area contributed by atoms with Gasteiger partial charge in [0.15, 0.2) is 5.78 Å². The summed E-state index contributed by atoms with van der Waals surface area (Å²) in [7, 11) is 0. The summed E-state index contributed by atoms with van der Waals surface area (Å²) in [5.41, 5.74) is 13.0. The maximum Gasteiger partial charge on any atom is 0.153 e. The van der Waals surface area contributed by atoms with E-state index in [0.717, 1.165) is 69.0 Å². The number of carbonyl (C=O) groups excluding carboxylic acids is 1. The summed E-state index contributed by atoms with van der Waals surface area (Å²) in [6, 6.07) is 12.3. The first kappa shape index (κ1) is 21.5. The zero-order valence-corrected chi connectivity index (χ0v) is 19.6. The van der Waals surface area contributed by atoms with Gasteiger partial charge < -0.3 is 11.1 Å². The predicted molar refractivity (Wildman–Crippen MR) is 132 cm³/mol. The predicted octanol–water partition coefficient (Wildman–Crippen LogP) is 3.97. The molecule has 0 saturated carbocycles. The zero-order valence-electron chi connectivity index (χ0n) is 18.8. The molecule has 1 aliphatic rings. The fourth-order valence-corrected chi connectivity index (χ4v) is 5.46. The van der Waals surface area contributed by atoms with Gasteiger partial charge in [-0.15, -0.1) is 11.3 Å². The van der Waals surface area contributed by atoms with Crippen LogP contribution >= 0.6 is 11.3 Å². The van der Waals surface area contributed by atoms with E-state index in [1.54, 1.807) is 11.3 Å². The van der Waals surface area contributed by atoms with Crippen molar-refractivity contribution in [2.24, 2.45) is 5.73 Å². The van der Waals surface area contributed by atoms with Gasteiger partial charge in [0.1, 0.15) is 10.8 Å². The van der Waals surface area contributed by atoms with Gasteiger partial charge in [-0.25, -0.2) is 14.6 Å². The average Bonchev–Trinajstić information content (AvgIpc) is 3.41. The number of thiazole rings is 1. The quantitative estimate of drug-likeness (QED) is 0.435.